The van der Waals surface area contributed by atoms with Crippen molar-refractivity contribution in [3.63, 3.8) is 0 Å². The Morgan fingerprint density at radius 1 is 1.15 bits per heavy atom. The van der Waals surface area contributed by atoms with Crippen LogP contribution in [0.4, 0.5) is 4.39 Å². The summed E-state index contributed by atoms with van der Waals surface area (Å²) in [6.45, 7) is 1.18. The highest BCUT2D eigenvalue weighted by Crippen LogP contribution is 2.33. The molecule has 5 nitrogen and oxygen atoms in total. The number of aliphatic hydroxyl groups excluding tert-OH is 1. The second kappa shape index (κ2) is 7.15. The summed E-state index contributed by atoms with van der Waals surface area (Å²) >= 11 is 5.94. The van der Waals surface area contributed by atoms with Gasteiger partial charge in [0.2, 0.25) is 11.7 Å². The summed E-state index contributed by atoms with van der Waals surface area (Å²) in [6.07, 6.45) is 0.0759. The molecular formula is C19H17ClFN3O2. The van der Waals surface area contributed by atoms with Gasteiger partial charge in [0.15, 0.2) is 0 Å². The summed E-state index contributed by atoms with van der Waals surface area (Å²) < 4.78 is 18.5. The van der Waals surface area contributed by atoms with Crippen LogP contribution in [0.3, 0.4) is 0 Å². The summed E-state index contributed by atoms with van der Waals surface area (Å²) in [5.74, 6) is 0.549. The number of hydrogen-bond acceptors (Lipinski definition) is 5. The summed E-state index contributed by atoms with van der Waals surface area (Å²) in [6, 6.07) is 13.4. The minimum Gasteiger partial charge on any atom is -0.392 e. The molecule has 1 aliphatic heterocycles. The maximum absolute atomic E-state index is 13.1. The van der Waals surface area contributed by atoms with E-state index >= 15 is 0 Å². The Bertz CT molecular complexity index is 883. The van der Waals surface area contributed by atoms with Gasteiger partial charge in [0, 0.05) is 23.7 Å². The topological polar surface area (TPSA) is 62.4 Å². The van der Waals surface area contributed by atoms with E-state index in [0.717, 1.165) is 5.56 Å². The van der Waals surface area contributed by atoms with E-state index < -0.39 is 6.10 Å². The molecule has 1 aromatic heterocycles. The lowest BCUT2D eigenvalue weighted by molar-refractivity contribution is 0.169. The van der Waals surface area contributed by atoms with Crippen LogP contribution in [0.15, 0.2) is 53.1 Å². The van der Waals surface area contributed by atoms with Crippen molar-refractivity contribution in [2.24, 2.45) is 0 Å². The van der Waals surface area contributed by atoms with Crippen molar-refractivity contribution in [3.8, 4) is 11.4 Å². The van der Waals surface area contributed by atoms with Gasteiger partial charge in [-0.05, 0) is 48.4 Å². The average molecular weight is 374 g/mol. The van der Waals surface area contributed by atoms with E-state index in [-0.39, 0.29) is 11.9 Å². The van der Waals surface area contributed by atoms with E-state index in [2.05, 4.69) is 15.0 Å². The zero-order chi connectivity index (χ0) is 18.1. The maximum atomic E-state index is 13.1. The van der Waals surface area contributed by atoms with Gasteiger partial charge in [-0.25, -0.2) is 4.39 Å². The van der Waals surface area contributed by atoms with Gasteiger partial charge in [-0.15, -0.1) is 0 Å². The number of hydrogen-bond donors (Lipinski definition) is 1. The SMILES string of the molecule is OC1CC(c2nc(-c3ccc(F)cc3)no2)N(Cc2ccc(Cl)cc2)C1. The van der Waals surface area contributed by atoms with Gasteiger partial charge in [-0.1, -0.05) is 28.9 Å². The lowest BCUT2D eigenvalue weighted by atomic mass is 10.1. The predicted molar refractivity (Wildman–Crippen MR) is 94.9 cm³/mol. The first-order valence-corrected chi connectivity index (χ1v) is 8.72. The van der Waals surface area contributed by atoms with Gasteiger partial charge in [0.25, 0.3) is 0 Å². The minimum atomic E-state index is -0.450. The molecule has 2 aromatic carbocycles. The third-order valence-corrected chi connectivity index (χ3v) is 4.76. The molecule has 1 fully saturated rings. The zero-order valence-corrected chi connectivity index (χ0v) is 14.6. The molecule has 1 saturated heterocycles. The van der Waals surface area contributed by atoms with E-state index in [1.165, 1.54) is 12.1 Å². The second-order valence-corrected chi connectivity index (χ2v) is 6.86. The molecule has 0 aliphatic carbocycles. The molecule has 2 atom stereocenters. The third-order valence-electron chi connectivity index (χ3n) is 4.51. The first-order chi connectivity index (χ1) is 12.6. The fourth-order valence-electron chi connectivity index (χ4n) is 3.22. The lowest BCUT2D eigenvalue weighted by Crippen LogP contribution is -2.24. The van der Waals surface area contributed by atoms with Crippen molar-refractivity contribution in [1.29, 1.82) is 0 Å². The van der Waals surface area contributed by atoms with Crippen LogP contribution in [0.5, 0.6) is 0 Å². The van der Waals surface area contributed by atoms with Crippen molar-refractivity contribution >= 4 is 11.6 Å². The van der Waals surface area contributed by atoms with E-state index in [1.54, 1.807) is 12.1 Å². The molecule has 0 amide bonds. The second-order valence-electron chi connectivity index (χ2n) is 6.42. The number of rotatable bonds is 4. The summed E-state index contributed by atoms with van der Waals surface area (Å²) in [7, 11) is 0. The maximum Gasteiger partial charge on any atom is 0.244 e. The van der Waals surface area contributed by atoms with Gasteiger partial charge in [-0.2, -0.15) is 4.98 Å². The van der Waals surface area contributed by atoms with Crippen LogP contribution >= 0.6 is 11.6 Å². The molecule has 7 heteroatoms. The van der Waals surface area contributed by atoms with Gasteiger partial charge in [0.05, 0.1) is 12.1 Å². The molecule has 2 unspecified atom stereocenters. The van der Waals surface area contributed by atoms with Crippen LogP contribution in [-0.4, -0.2) is 32.8 Å². The monoisotopic (exact) mass is 373 g/mol. The van der Waals surface area contributed by atoms with Crippen LogP contribution < -0.4 is 0 Å². The van der Waals surface area contributed by atoms with Gasteiger partial charge >= 0.3 is 0 Å². The smallest absolute Gasteiger partial charge is 0.244 e. The van der Waals surface area contributed by atoms with Crippen LogP contribution in [0.2, 0.25) is 5.02 Å². The number of β-amino-alcohol motifs (C(OH)–C–C–N with tert-alkyl or cyclic N) is 1. The number of aliphatic hydroxyl groups is 1. The van der Waals surface area contributed by atoms with Crippen molar-refractivity contribution in [2.45, 2.75) is 25.1 Å². The minimum absolute atomic E-state index is 0.164. The highest BCUT2D eigenvalue weighted by molar-refractivity contribution is 6.30. The zero-order valence-electron chi connectivity index (χ0n) is 13.8. The molecule has 1 N–H and O–H groups in total. The van der Waals surface area contributed by atoms with E-state index in [1.807, 2.05) is 24.3 Å². The first kappa shape index (κ1) is 17.1. The normalized spacial score (nSPS) is 20.6. The number of likely N-dealkylation sites (tertiary alicyclic amines) is 1. The van der Waals surface area contributed by atoms with E-state index in [0.29, 0.717) is 41.8 Å². The van der Waals surface area contributed by atoms with Crippen molar-refractivity contribution in [1.82, 2.24) is 15.0 Å². The largest absolute Gasteiger partial charge is 0.392 e. The van der Waals surface area contributed by atoms with Gasteiger partial charge < -0.3 is 9.63 Å². The van der Waals surface area contributed by atoms with E-state index in [4.69, 9.17) is 16.1 Å². The van der Waals surface area contributed by atoms with Crippen LogP contribution in [0, 0.1) is 5.82 Å². The van der Waals surface area contributed by atoms with Gasteiger partial charge in [-0.3, -0.25) is 4.90 Å². The Labute approximate surface area is 155 Å². The predicted octanol–water partition coefficient (Wildman–Crippen LogP) is 3.84. The molecule has 0 saturated carbocycles. The molecule has 0 radical (unpaired) electrons. The lowest BCUT2D eigenvalue weighted by Gasteiger charge is -2.21. The fraction of sp³-hybridized carbons (Fsp3) is 0.263. The molecule has 2 heterocycles. The standard InChI is InChI=1S/C19H17ClFN3O2/c20-14-5-1-12(2-6-14)10-24-11-16(25)9-17(24)19-22-18(23-26-19)13-3-7-15(21)8-4-13/h1-8,16-17,25H,9-11H2. The molecule has 1 aliphatic rings. The average Bonchev–Trinajstić information content (AvgIpc) is 3.24. The number of aromatic nitrogens is 2. The Morgan fingerprint density at radius 2 is 1.88 bits per heavy atom. The Balaban J connectivity index is 1.55. The van der Waals surface area contributed by atoms with Crippen LogP contribution in [0.1, 0.15) is 23.9 Å². The quantitative estimate of drug-likeness (QED) is 0.753. The van der Waals surface area contributed by atoms with E-state index in [9.17, 15) is 9.50 Å². The molecular weight excluding hydrogens is 357 g/mol. The molecule has 0 bridgehead atoms. The Kier molecular flexibility index (Phi) is 4.72. The summed E-state index contributed by atoms with van der Waals surface area (Å²) in [4.78, 5) is 6.57. The highest BCUT2D eigenvalue weighted by atomic mass is 35.5. The number of benzene rings is 2. The summed E-state index contributed by atoms with van der Waals surface area (Å²) in [5, 5.41) is 14.8. The molecule has 26 heavy (non-hydrogen) atoms. The van der Waals surface area contributed by atoms with Gasteiger partial charge in [0.1, 0.15) is 5.82 Å². The van der Waals surface area contributed by atoms with Crippen molar-refractivity contribution in [2.75, 3.05) is 6.54 Å². The molecule has 0 spiro atoms. The van der Waals surface area contributed by atoms with Crippen LogP contribution in [-0.2, 0) is 6.54 Å². The van der Waals surface area contributed by atoms with Crippen molar-refractivity contribution < 1.29 is 14.0 Å². The Hall–Kier alpha value is -2.28. The van der Waals surface area contributed by atoms with Crippen molar-refractivity contribution in [3.05, 3.63) is 70.8 Å². The number of halogens is 2. The first-order valence-electron chi connectivity index (χ1n) is 8.34. The Morgan fingerprint density at radius 3 is 2.62 bits per heavy atom. The third kappa shape index (κ3) is 3.62. The highest BCUT2D eigenvalue weighted by Gasteiger charge is 2.35. The molecule has 3 aromatic rings. The van der Waals surface area contributed by atoms with Crippen LogP contribution in [0.25, 0.3) is 11.4 Å². The summed E-state index contributed by atoms with van der Waals surface area (Å²) in [5.41, 5.74) is 1.77. The molecule has 4 rings (SSSR count). The molecule has 134 valence electrons. The number of nitrogens with zero attached hydrogens (tertiary/aromatic N) is 3. The fourth-order valence-corrected chi connectivity index (χ4v) is 3.35.